The molecule has 0 spiro atoms. The monoisotopic (exact) mass is 513 g/mol. The van der Waals surface area contributed by atoms with Crippen LogP contribution in [0.2, 0.25) is 0 Å². The lowest BCUT2D eigenvalue weighted by molar-refractivity contribution is -0.118. The zero-order chi connectivity index (χ0) is 23.8. The number of allylic oxidation sites excluding steroid dienone is 1. The SMILES string of the molecule is CCn1ncc(Br)c1C(=O)/C=C/c1ccc(OCC(=O)Nc2ccccc2OC)c(OC)c1. The largest absolute Gasteiger partial charge is 0.495 e. The number of ketones is 1. The first-order valence-electron chi connectivity index (χ1n) is 10.1. The molecule has 0 atom stereocenters. The summed E-state index contributed by atoms with van der Waals surface area (Å²) in [6, 6.07) is 12.3. The molecule has 8 nitrogen and oxygen atoms in total. The first-order chi connectivity index (χ1) is 16.0. The molecule has 0 saturated heterocycles. The van der Waals surface area contributed by atoms with Crippen LogP contribution >= 0.6 is 15.9 Å². The van der Waals surface area contributed by atoms with E-state index >= 15 is 0 Å². The molecule has 0 bridgehead atoms. The van der Waals surface area contributed by atoms with E-state index in [9.17, 15) is 9.59 Å². The van der Waals surface area contributed by atoms with E-state index < -0.39 is 0 Å². The molecule has 2 aromatic carbocycles. The molecule has 1 heterocycles. The third kappa shape index (κ3) is 6.01. The highest BCUT2D eigenvalue weighted by Gasteiger charge is 2.14. The number of carbonyl (C=O) groups excluding carboxylic acids is 2. The van der Waals surface area contributed by atoms with Gasteiger partial charge in [0.05, 0.1) is 30.6 Å². The zero-order valence-corrected chi connectivity index (χ0v) is 20.1. The van der Waals surface area contributed by atoms with Gasteiger partial charge in [0.2, 0.25) is 5.78 Å². The van der Waals surface area contributed by atoms with Gasteiger partial charge >= 0.3 is 0 Å². The lowest BCUT2D eigenvalue weighted by Gasteiger charge is -2.13. The van der Waals surface area contributed by atoms with Crippen molar-refractivity contribution in [1.29, 1.82) is 0 Å². The fraction of sp³-hybridized carbons (Fsp3) is 0.208. The van der Waals surface area contributed by atoms with E-state index in [-0.39, 0.29) is 18.3 Å². The molecule has 1 aromatic heterocycles. The number of halogens is 1. The summed E-state index contributed by atoms with van der Waals surface area (Å²) >= 11 is 3.36. The van der Waals surface area contributed by atoms with Crippen molar-refractivity contribution in [3.8, 4) is 17.2 Å². The molecule has 9 heteroatoms. The molecular formula is C24H24BrN3O5. The molecule has 1 N–H and O–H groups in total. The Labute approximate surface area is 200 Å². The Hall–Kier alpha value is -3.59. The van der Waals surface area contributed by atoms with Crippen LogP contribution in [0.4, 0.5) is 5.69 Å². The van der Waals surface area contributed by atoms with Gasteiger partial charge in [-0.05, 0) is 58.8 Å². The Kier molecular flexibility index (Phi) is 8.26. The summed E-state index contributed by atoms with van der Waals surface area (Å²) in [6.45, 7) is 2.29. The number of nitrogens with one attached hydrogen (secondary N) is 1. The lowest BCUT2D eigenvalue weighted by Crippen LogP contribution is -2.20. The lowest BCUT2D eigenvalue weighted by atomic mass is 10.1. The highest BCUT2D eigenvalue weighted by Crippen LogP contribution is 2.29. The van der Waals surface area contributed by atoms with Crippen molar-refractivity contribution in [2.45, 2.75) is 13.5 Å². The van der Waals surface area contributed by atoms with Crippen molar-refractivity contribution < 1.29 is 23.8 Å². The number of carbonyl (C=O) groups is 2. The average Bonchev–Trinajstić information content (AvgIpc) is 3.22. The van der Waals surface area contributed by atoms with Crippen LogP contribution in [0.1, 0.15) is 23.0 Å². The number of hydrogen-bond donors (Lipinski definition) is 1. The van der Waals surface area contributed by atoms with Gasteiger partial charge in [-0.2, -0.15) is 5.10 Å². The fourth-order valence-electron chi connectivity index (χ4n) is 3.08. The van der Waals surface area contributed by atoms with Gasteiger partial charge in [-0.25, -0.2) is 0 Å². The van der Waals surface area contributed by atoms with Gasteiger partial charge in [0.15, 0.2) is 18.1 Å². The van der Waals surface area contributed by atoms with E-state index in [1.54, 1.807) is 53.4 Å². The van der Waals surface area contributed by atoms with Crippen LogP contribution in [0.3, 0.4) is 0 Å². The number of methoxy groups -OCH3 is 2. The molecule has 0 aliphatic carbocycles. The highest BCUT2D eigenvalue weighted by atomic mass is 79.9. The van der Waals surface area contributed by atoms with E-state index in [2.05, 4.69) is 26.3 Å². The zero-order valence-electron chi connectivity index (χ0n) is 18.5. The van der Waals surface area contributed by atoms with E-state index in [1.165, 1.54) is 20.3 Å². The van der Waals surface area contributed by atoms with Crippen LogP contribution in [0.25, 0.3) is 6.08 Å². The second-order valence-corrected chi connectivity index (χ2v) is 7.66. The molecule has 3 rings (SSSR count). The fourth-order valence-corrected chi connectivity index (χ4v) is 3.57. The molecule has 0 saturated carbocycles. The summed E-state index contributed by atoms with van der Waals surface area (Å²) in [5.41, 5.74) is 1.79. The summed E-state index contributed by atoms with van der Waals surface area (Å²) in [4.78, 5) is 24.9. The number of aromatic nitrogens is 2. The average molecular weight is 514 g/mol. The van der Waals surface area contributed by atoms with Gasteiger partial charge in [-0.3, -0.25) is 14.3 Å². The van der Waals surface area contributed by atoms with Gasteiger partial charge < -0.3 is 19.5 Å². The second kappa shape index (κ2) is 11.3. The number of para-hydroxylation sites is 2. The smallest absolute Gasteiger partial charge is 0.262 e. The standard InChI is InChI=1S/C24H24BrN3O5/c1-4-28-24(17(25)14-26-28)19(29)11-9-16-10-12-21(22(13-16)32-3)33-15-23(30)27-18-7-5-6-8-20(18)31-2/h5-14H,4,15H2,1-3H3,(H,27,30)/b11-9+. The maximum Gasteiger partial charge on any atom is 0.262 e. The van der Waals surface area contributed by atoms with Crippen molar-refractivity contribution >= 4 is 39.4 Å². The summed E-state index contributed by atoms with van der Waals surface area (Å²) in [7, 11) is 3.04. The third-order valence-corrected chi connectivity index (χ3v) is 5.26. The maximum atomic E-state index is 12.6. The summed E-state index contributed by atoms with van der Waals surface area (Å²) in [6.07, 6.45) is 4.76. The van der Waals surface area contributed by atoms with Gasteiger partial charge in [0, 0.05) is 6.54 Å². The van der Waals surface area contributed by atoms with Crippen molar-refractivity contribution in [2.24, 2.45) is 0 Å². The molecular weight excluding hydrogens is 490 g/mol. The second-order valence-electron chi connectivity index (χ2n) is 6.80. The Morgan fingerprint density at radius 3 is 2.58 bits per heavy atom. The number of aryl methyl sites for hydroxylation is 1. The van der Waals surface area contributed by atoms with Crippen LogP contribution in [-0.2, 0) is 11.3 Å². The van der Waals surface area contributed by atoms with Gasteiger partial charge in [-0.1, -0.05) is 24.3 Å². The number of rotatable bonds is 10. The predicted molar refractivity (Wildman–Crippen MR) is 129 cm³/mol. The Morgan fingerprint density at radius 2 is 1.85 bits per heavy atom. The Bertz CT molecular complexity index is 1170. The minimum Gasteiger partial charge on any atom is -0.495 e. The van der Waals surface area contributed by atoms with Crippen LogP contribution in [-0.4, -0.2) is 42.3 Å². The number of hydrogen-bond acceptors (Lipinski definition) is 6. The molecule has 3 aromatic rings. The molecule has 0 unspecified atom stereocenters. The Balaban J connectivity index is 1.66. The van der Waals surface area contributed by atoms with Crippen molar-refractivity contribution in [3.63, 3.8) is 0 Å². The highest BCUT2D eigenvalue weighted by molar-refractivity contribution is 9.10. The number of nitrogens with zero attached hydrogens (tertiary/aromatic N) is 2. The summed E-state index contributed by atoms with van der Waals surface area (Å²) < 4.78 is 18.5. The minimum absolute atomic E-state index is 0.173. The van der Waals surface area contributed by atoms with Crippen molar-refractivity contribution in [1.82, 2.24) is 9.78 Å². The molecule has 172 valence electrons. The van der Waals surface area contributed by atoms with Crippen molar-refractivity contribution in [3.05, 3.63) is 70.5 Å². The first-order valence-corrected chi connectivity index (χ1v) is 10.9. The summed E-state index contributed by atoms with van der Waals surface area (Å²) in [5.74, 6) is 0.892. The minimum atomic E-state index is -0.339. The molecule has 0 aliphatic rings. The molecule has 0 radical (unpaired) electrons. The molecule has 33 heavy (non-hydrogen) atoms. The number of anilines is 1. The van der Waals surface area contributed by atoms with Crippen molar-refractivity contribution in [2.75, 3.05) is 26.1 Å². The topological polar surface area (TPSA) is 91.7 Å². The predicted octanol–water partition coefficient (Wildman–Crippen LogP) is 4.60. The molecule has 1 amide bonds. The van der Waals surface area contributed by atoms with Gasteiger partial charge in [0.25, 0.3) is 5.91 Å². The number of benzene rings is 2. The van der Waals surface area contributed by atoms with Gasteiger partial charge in [0.1, 0.15) is 11.4 Å². The molecule has 0 fully saturated rings. The Morgan fingerprint density at radius 1 is 1.09 bits per heavy atom. The van der Waals surface area contributed by atoms with Crippen LogP contribution in [0.15, 0.2) is 59.2 Å². The first kappa shape index (κ1) is 24.1. The quantitative estimate of drug-likeness (QED) is 0.314. The normalized spacial score (nSPS) is 10.8. The number of ether oxygens (including phenoxy) is 3. The summed E-state index contributed by atoms with van der Waals surface area (Å²) in [5, 5.41) is 6.91. The number of amides is 1. The van der Waals surface area contributed by atoms with E-state index in [0.717, 1.165) is 5.56 Å². The van der Waals surface area contributed by atoms with E-state index in [4.69, 9.17) is 14.2 Å². The van der Waals surface area contributed by atoms with Gasteiger partial charge in [-0.15, -0.1) is 0 Å². The van der Waals surface area contributed by atoms with E-state index in [0.29, 0.717) is 39.6 Å². The maximum absolute atomic E-state index is 12.6. The third-order valence-electron chi connectivity index (χ3n) is 4.68. The van der Waals surface area contributed by atoms with Crippen LogP contribution < -0.4 is 19.5 Å². The van der Waals surface area contributed by atoms with Crippen LogP contribution in [0.5, 0.6) is 17.2 Å². The van der Waals surface area contributed by atoms with E-state index in [1.807, 2.05) is 13.0 Å². The molecule has 0 aliphatic heterocycles. The van der Waals surface area contributed by atoms with Crippen LogP contribution in [0, 0.1) is 0 Å².